The zero-order valence-electron chi connectivity index (χ0n) is 4.72. The second-order valence-corrected chi connectivity index (χ2v) is 1.41. The van der Waals surface area contributed by atoms with Crippen molar-refractivity contribution in [3.05, 3.63) is 15.3 Å². The fourth-order valence-electron chi connectivity index (χ4n) is 0. The Balaban J connectivity index is -0.0000000910. The van der Waals surface area contributed by atoms with Gasteiger partial charge in [-0.1, -0.05) is 0 Å². The van der Waals surface area contributed by atoms with Crippen LogP contribution >= 0.6 is 0 Å². The molecule has 0 aromatic carbocycles. The van der Waals surface area contributed by atoms with E-state index in [1.54, 1.807) is 0 Å². The molecule has 0 aliphatic rings. The summed E-state index contributed by atoms with van der Waals surface area (Å²) < 4.78 is 32.7. The molecule has 0 radical (unpaired) electrons. The largest absolute Gasteiger partial charge is 1.00 e. The van der Waals surface area contributed by atoms with E-state index in [-0.39, 0.29) is 51.4 Å². The Hall–Kier alpha value is 0.966. The first-order valence-corrected chi connectivity index (χ1v) is 2.44. The van der Waals surface area contributed by atoms with Crippen LogP contribution in [0.4, 0.5) is 0 Å². The average Bonchev–Trinajstić information content (AvgIpc) is 1.19. The summed E-state index contributed by atoms with van der Waals surface area (Å²) in [4.78, 5) is 8.25. The molecule has 0 saturated heterocycles. The van der Waals surface area contributed by atoms with E-state index >= 15 is 0 Å². The summed E-state index contributed by atoms with van der Waals surface area (Å²) in [5.74, 6) is 0. The molecule has 10 heteroatoms. The van der Waals surface area contributed by atoms with Crippen molar-refractivity contribution in [1.82, 2.24) is 0 Å². The average molecular weight is 202 g/mol. The summed E-state index contributed by atoms with van der Waals surface area (Å²) in [7, 11) is -4.69. The predicted molar refractivity (Wildman–Crippen MR) is 12.6 cm³/mol. The van der Waals surface area contributed by atoms with Gasteiger partial charge in [0.15, 0.2) is 0 Å². The molecule has 0 rings (SSSR count). The third kappa shape index (κ3) is 609. The van der Waals surface area contributed by atoms with E-state index in [4.69, 9.17) is 34.0 Å². The van der Waals surface area contributed by atoms with Gasteiger partial charge in [-0.3, -0.25) is 0 Å². The molecule has 0 aromatic rings. The normalized spacial score (nSPS) is 8.40. The van der Waals surface area contributed by atoms with Crippen LogP contribution in [0.5, 0.6) is 0 Å². The molecule has 0 spiro atoms. The van der Waals surface area contributed by atoms with Crippen molar-refractivity contribution >= 4 is 0 Å². The van der Waals surface area contributed by atoms with E-state index in [9.17, 15) is 0 Å². The van der Waals surface area contributed by atoms with Gasteiger partial charge in [0.05, 0.1) is 20.0 Å². The molecular formula is HClKNO7. The van der Waals surface area contributed by atoms with Gasteiger partial charge in [0, 0.05) is 0 Å². The van der Waals surface area contributed by atoms with Gasteiger partial charge < -0.3 is 15.3 Å². The second-order valence-electron chi connectivity index (χ2n) is 0.620. The van der Waals surface area contributed by atoms with Crippen molar-refractivity contribution in [2.24, 2.45) is 0 Å². The third-order valence-electron chi connectivity index (χ3n) is 0. The minimum absolute atomic E-state index is 0. The Morgan fingerprint density at radius 3 is 1.20 bits per heavy atom. The number of hydrogen-bond acceptors (Lipinski definition) is 7. The molecule has 0 amide bonds. The molecule has 0 aliphatic heterocycles. The number of nitrogens with zero attached hydrogens (tertiary/aromatic N) is 1. The predicted octanol–water partition coefficient (Wildman–Crippen LogP) is -7.36. The first kappa shape index (κ1) is 17.2. The maximum absolute atomic E-state index is 8.60. The summed E-state index contributed by atoms with van der Waals surface area (Å²) >= 11 is 0. The molecule has 0 unspecified atom stereocenters. The van der Waals surface area contributed by atoms with E-state index in [0.29, 0.717) is 0 Å². The number of halogens is 1. The Labute approximate surface area is 99.3 Å². The van der Waals surface area contributed by atoms with Crippen LogP contribution in [-0.4, -0.2) is 9.75 Å². The SMILES string of the molecule is O=[N+]([O-])[O-].[K+].[O-][Cl+3]([O-])([O-])O. The molecular weight excluding hydrogens is 201 g/mol. The maximum atomic E-state index is 8.60. The van der Waals surface area contributed by atoms with Crippen LogP contribution in [-0.2, 0) is 0 Å². The van der Waals surface area contributed by atoms with E-state index in [2.05, 4.69) is 0 Å². The van der Waals surface area contributed by atoms with E-state index in [1.807, 2.05) is 0 Å². The molecule has 0 fully saturated rings. The van der Waals surface area contributed by atoms with Crippen LogP contribution in [0.1, 0.15) is 0 Å². The zero-order valence-corrected chi connectivity index (χ0v) is 8.60. The quantitative estimate of drug-likeness (QED) is 0.232. The smallest absolute Gasteiger partial charge is 0.356 e. The van der Waals surface area contributed by atoms with Crippen LogP contribution in [0.2, 0.25) is 0 Å². The summed E-state index contributed by atoms with van der Waals surface area (Å²) in [5, 5.41) is 14.8. The third-order valence-corrected chi connectivity index (χ3v) is 0. The first-order valence-electron chi connectivity index (χ1n) is 1.18. The fraction of sp³-hybridized carbons (Fsp3) is 0. The Bertz CT molecular complexity index is 76.1. The fourth-order valence-corrected chi connectivity index (χ4v) is 0. The Kier molecular flexibility index (Phi) is 13.8. The number of rotatable bonds is 0. The van der Waals surface area contributed by atoms with Gasteiger partial charge in [-0.25, -0.2) is 0 Å². The van der Waals surface area contributed by atoms with Gasteiger partial charge in [0.1, 0.15) is 0 Å². The van der Waals surface area contributed by atoms with Crippen LogP contribution in [0, 0.1) is 25.6 Å². The summed E-state index contributed by atoms with van der Waals surface area (Å²) in [6.45, 7) is 0. The number of hydrogen-bond donors (Lipinski definition) is 1. The van der Waals surface area contributed by atoms with E-state index in [0.717, 1.165) is 0 Å². The minimum Gasteiger partial charge on any atom is -0.356 e. The van der Waals surface area contributed by atoms with Crippen molar-refractivity contribution in [3.8, 4) is 0 Å². The van der Waals surface area contributed by atoms with Gasteiger partial charge in [0.25, 0.3) is 0 Å². The van der Waals surface area contributed by atoms with Gasteiger partial charge in [-0.15, -0.1) is 0 Å². The summed E-state index contributed by atoms with van der Waals surface area (Å²) in [6.07, 6.45) is 0. The van der Waals surface area contributed by atoms with Crippen LogP contribution in [0.25, 0.3) is 0 Å². The Morgan fingerprint density at radius 2 is 1.20 bits per heavy atom. The van der Waals surface area contributed by atoms with Crippen molar-refractivity contribution in [2.75, 3.05) is 0 Å². The molecule has 0 saturated carbocycles. The topological polar surface area (TPSA) is 156 Å². The van der Waals surface area contributed by atoms with E-state index in [1.165, 1.54) is 0 Å². The molecule has 0 aliphatic carbocycles. The molecule has 0 heterocycles. The van der Waals surface area contributed by atoms with Gasteiger partial charge in [0.2, 0.25) is 0 Å². The van der Waals surface area contributed by atoms with Crippen LogP contribution < -0.4 is 65.4 Å². The summed E-state index contributed by atoms with van der Waals surface area (Å²) in [6, 6.07) is 0. The molecule has 0 atom stereocenters. The van der Waals surface area contributed by atoms with Crippen LogP contribution in [0.15, 0.2) is 0 Å². The molecule has 56 valence electrons. The summed E-state index contributed by atoms with van der Waals surface area (Å²) in [5.41, 5.74) is 0. The molecule has 8 nitrogen and oxygen atoms in total. The molecule has 10 heavy (non-hydrogen) atoms. The zero-order chi connectivity index (χ0) is 8.08. The van der Waals surface area contributed by atoms with Gasteiger partial charge >= 0.3 is 51.4 Å². The van der Waals surface area contributed by atoms with Crippen molar-refractivity contribution < 1.29 is 85.4 Å². The standard InChI is InChI=1S/ClHO4.K.NO3/c2-1(3,4)5;;2-1(3)4/h(H,2,3,4,5);;/q;+1;-1. The van der Waals surface area contributed by atoms with Crippen LogP contribution in [0.3, 0.4) is 0 Å². The van der Waals surface area contributed by atoms with Crippen molar-refractivity contribution in [2.45, 2.75) is 0 Å². The monoisotopic (exact) mass is 201 g/mol. The second kappa shape index (κ2) is 8.07. The van der Waals surface area contributed by atoms with Gasteiger partial charge in [-0.2, -0.15) is 14.0 Å². The molecule has 0 bridgehead atoms. The van der Waals surface area contributed by atoms with Crippen molar-refractivity contribution in [3.63, 3.8) is 0 Å². The minimum atomic E-state index is -4.69. The first-order chi connectivity index (χ1) is 3.73. The molecule has 1 N–H and O–H groups in total. The van der Waals surface area contributed by atoms with Gasteiger partial charge in [-0.05, 0) is 0 Å². The van der Waals surface area contributed by atoms with Crippen molar-refractivity contribution in [1.29, 1.82) is 0 Å². The molecule has 0 aromatic heterocycles. The maximum Gasteiger partial charge on any atom is 1.00 e. The van der Waals surface area contributed by atoms with E-state index < -0.39 is 15.3 Å². The Morgan fingerprint density at radius 1 is 1.20 bits per heavy atom.